The monoisotopic (exact) mass is 286 g/mol. The number of hydrogen-bond acceptors (Lipinski definition) is 5. The van der Waals surface area contributed by atoms with E-state index in [0.29, 0.717) is 24.6 Å². The second kappa shape index (κ2) is 6.10. The van der Waals surface area contributed by atoms with Crippen LogP contribution in [-0.4, -0.2) is 29.0 Å². The van der Waals surface area contributed by atoms with Gasteiger partial charge in [-0.1, -0.05) is 18.2 Å². The van der Waals surface area contributed by atoms with E-state index in [0.717, 1.165) is 17.7 Å². The van der Waals surface area contributed by atoms with Gasteiger partial charge in [-0.05, 0) is 36.5 Å². The summed E-state index contributed by atoms with van der Waals surface area (Å²) in [5.74, 6) is 1.64. The molecule has 0 radical (unpaired) electrons. The number of hydrogen-bond donors (Lipinski definition) is 1. The van der Waals surface area contributed by atoms with E-state index in [9.17, 15) is 5.11 Å². The molecule has 1 aliphatic heterocycles. The van der Waals surface area contributed by atoms with E-state index < -0.39 is 6.10 Å². The highest BCUT2D eigenvalue weighted by Crippen LogP contribution is 2.38. The topological polar surface area (TPSA) is 64.5 Å². The molecular formula is C16H18N2O3. The van der Waals surface area contributed by atoms with Gasteiger partial charge in [0.25, 0.3) is 0 Å². The van der Waals surface area contributed by atoms with E-state index in [1.54, 1.807) is 19.2 Å². The van der Waals surface area contributed by atoms with Crippen LogP contribution in [0.4, 0.5) is 0 Å². The molecule has 0 spiro atoms. The first-order valence-electron chi connectivity index (χ1n) is 7.05. The highest BCUT2D eigenvalue weighted by molar-refractivity contribution is 5.37. The molecule has 0 saturated heterocycles. The molecule has 3 rings (SSSR count). The first-order chi connectivity index (χ1) is 10.3. The van der Waals surface area contributed by atoms with Crippen molar-refractivity contribution in [3.63, 3.8) is 0 Å². The summed E-state index contributed by atoms with van der Waals surface area (Å²) < 4.78 is 10.6. The lowest BCUT2D eigenvalue weighted by Gasteiger charge is -2.27. The predicted octanol–water partition coefficient (Wildman–Crippen LogP) is 2.48. The molecule has 5 nitrogen and oxygen atoms in total. The Morgan fingerprint density at radius 1 is 1.29 bits per heavy atom. The van der Waals surface area contributed by atoms with Crippen molar-refractivity contribution < 1.29 is 14.6 Å². The first kappa shape index (κ1) is 13.8. The fourth-order valence-corrected chi connectivity index (χ4v) is 2.67. The van der Waals surface area contributed by atoms with Crippen LogP contribution in [0.3, 0.4) is 0 Å². The van der Waals surface area contributed by atoms with Gasteiger partial charge in [0.1, 0.15) is 5.75 Å². The van der Waals surface area contributed by atoms with E-state index in [1.807, 2.05) is 18.2 Å². The van der Waals surface area contributed by atoms with Crippen LogP contribution in [0.5, 0.6) is 11.6 Å². The standard InChI is InChI=1S/C16H18N2O3/c1-20-16-7-6-13(17-18-16)14(19)10-11-8-9-21-15-5-3-2-4-12(11)15/h2-7,11,14,19H,8-10H2,1H3. The smallest absolute Gasteiger partial charge is 0.233 e. The quantitative estimate of drug-likeness (QED) is 0.935. The minimum absolute atomic E-state index is 0.272. The molecule has 0 bridgehead atoms. The van der Waals surface area contributed by atoms with Gasteiger partial charge >= 0.3 is 0 Å². The number of methoxy groups -OCH3 is 1. The van der Waals surface area contributed by atoms with E-state index in [2.05, 4.69) is 16.3 Å². The molecule has 0 saturated carbocycles. The number of fused-ring (bicyclic) bond motifs is 1. The minimum atomic E-state index is -0.639. The summed E-state index contributed by atoms with van der Waals surface area (Å²) in [5.41, 5.74) is 1.73. The van der Waals surface area contributed by atoms with Gasteiger partial charge in [0, 0.05) is 6.07 Å². The molecule has 2 atom stereocenters. The Bertz CT molecular complexity index is 601. The van der Waals surface area contributed by atoms with Gasteiger partial charge in [0.15, 0.2) is 0 Å². The summed E-state index contributed by atoms with van der Waals surface area (Å²) in [6.45, 7) is 0.683. The average Bonchev–Trinajstić information content (AvgIpc) is 2.55. The predicted molar refractivity (Wildman–Crippen MR) is 77.5 cm³/mol. The van der Waals surface area contributed by atoms with Gasteiger partial charge in [-0.2, -0.15) is 0 Å². The molecule has 1 aromatic carbocycles. The fourth-order valence-electron chi connectivity index (χ4n) is 2.67. The molecule has 2 aromatic rings. The number of ether oxygens (including phenoxy) is 2. The molecule has 2 unspecified atom stereocenters. The molecule has 0 aliphatic carbocycles. The van der Waals surface area contributed by atoms with E-state index in [4.69, 9.17) is 9.47 Å². The van der Waals surface area contributed by atoms with Crippen LogP contribution >= 0.6 is 0 Å². The van der Waals surface area contributed by atoms with Gasteiger partial charge in [0.2, 0.25) is 5.88 Å². The third kappa shape index (κ3) is 2.97. The van der Waals surface area contributed by atoms with Crippen LogP contribution in [0.25, 0.3) is 0 Å². The van der Waals surface area contributed by atoms with Gasteiger partial charge in [-0.15, -0.1) is 10.2 Å². The second-order valence-electron chi connectivity index (χ2n) is 5.12. The molecule has 5 heteroatoms. The molecule has 1 aromatic heterocycles. The van der Waals surface area contributed by atoms with Crippen molar-refractivity contribution >= 4 is 0 Å². The number of aromatic nitrogens is 2. The van der Waals surface area contributed by atoms with Crippen LogP contribution in [0.2, 0.25) is 0 Å². The maximum Gasteiger partial charge on any atom is 0.233 e. The molecule has 0 fully saturated rings. The second-order valence-corrected chi connectivity index (χ2v) is 5.12. The summed E-state index contributed by atoms with van der Waals surface area (Å²) in [6.07, 6.45) is 0.874. The van der Waals surface area contributed by atoms with Gasteiger partial charge in [-0.3, -0.25) is 0 Å². The molecule has 110 valence electrons. The third-order valence-corrected chi connectivity index (χ3v) is 3.80. The van der Waals surface area contributed by atoms with Crippen molar-refractivity contribution in [1.29, 1.82) is 0 Å². The zero-order valence-electron chi connectivity index (χ0n) is 11.9. The summed E-state index contributed by atoms with van der Waals surface area (Å²) in [5, 5.41) is 18.3. The lowest BCUT2D eigenvalue weighted by Crippen LogP contribution is -2.17. The maximum absolute atomic E-state index is 10.4. The lowest BCUT2D eigenvalue weighted by molar-refractivity contribution is 0.140. The molecule has 0 amide bonds. The number of nitrogens with zero attached hydrogens (tertiary/aromatic N) is 2. The van der Waals surface area contributed by atoms with Gasteiger partial charge in [0.05, 0.1) is 25.5 Å². The molecule has 1 N–H and O–H groups in total. The zero-order valence-corrected chi connectivity index (χ0v) is 11.9. The first-order valence-corrected chi connectivity index (χ1v) is 7.05. The minimum Gasteiger partial charge on any atom is -0.493 e. The van der Waals surface area contributed by atoms with Crippen LogP contribution in [0.1, 0.15) is 36.1 Å². The SMILES string of the molecule is COc1ccc(C(O)CC2CCOc3ccccc32)nn1. The molecule has 1 aliphatic rings. The van der Waals surface area contributed by atoms with Gasteiger partial charge < -0.3 is 14.6 Å². The van der Waals surface area contributed by atoms with Crippen molar-refractivity contribution in [1.82, 2.24) is 10.2 Å². The molecular weight excluding hydrogens is 268 g/mol. The summed E-state index contributed by atoms with van der Waals surface area (Å²) in [4.78, 5) is 0. The Hall–Kier alpha value is -2.14. The van der Waals surface area contributed by atoms with Crippen molar-refractivity contribution in [2.75, 3.05) is 13.7 Å². The van der Waals surface area contributed by atoms with E-state index >= 15 is 0 Å². The van der Waals surface area contributed by atoms with Crippen molar-refractivity contribution in [2.45, 2.75) is 24.9 Å². The Balaban J connectivity index is 1.74. The molecule has 21 heavy (non-hydrogen) atoms. The number of benzene rings is 1. The lowest BCUT2D eigenvalue weighted by atomic mass is 9.87. The van der Waals surface area contributed by atoms with Crippen LogP contribution in [0, 0.1) is 0 Å². The summed E-state index contributed by atoms with van der Waals surface area (Å²) in [6, 6.07) is 11.5. The number of para-hydroxylation sites is 1. The fraction of sp³-hybridized carbons (Fsp3) is 0.375. The highest BCUT2D eigenvalue weighted by atomic mass is 16.5. The van der Waals surface area contributed by atoms with Crippen molar-refractivity contribution in [3.05, 3.63) is 47.7 Å². The normalized spacial score (nSPS) is 18.5. The van der Waals surface area contributed by atoms with Crippen LogP contribution in [0.15, 0.2) is 36.4 Å². The van der Waals surface area contributed by atoms with Crippen LogP contribution < -0.4 is 9.47 Å². The highest BCUT2D eigenvalue weighted by Gasteiger charge is 2.24. The Morgan fingerprint density at radius 2 is 2.14 bits per heavy atom. The number of aliphatic hydroxyl groups excluding tert-OH is 1. The molecule has 2 heterocycles. The van der Waals surface area contributed by atoms with Gasteiger partial charge in [-0.25, -0.2) is 0 Å². The zero-order chi connectivity index (χ0) is 14.7. The Morgan fingerprint density at radius 3 is 2.90 bits per heavy atom. The number of rotatable bonds is 4. The van der Waals surface area contributed by atoms with E-state index in [1.165, 1.54) is 0 Å². The Kier molecular flexibility index (Phi) is 4.01. The summed E-state index contributed by atoms with van der Waals surface area (Å²) in [7, 11) is 1.54. The maximum atomic E-state index is 10.4. The van der Waals surface area contributed by atoms with Crippen LogP contribution in [-0.2, 0) is 0 Å². The Labute approximate surface area is 123 Å². The largest absolute Gasteiger partial charge is 0.493 e. The van der Waals surface area contributed by atoms with Crippen molar-refractivity contribution in [2.24, 2.45) is 0 Å². The van der Waals surface area contributed by atoms with Crippen molar-refractivity contribution in [3.8, 4) is 11.6 Å². The van der Waals surface area contributed by atoms with E-state index in [-0.39, 0.29) is 5.92 Å². The third-order valence-electron chi connectivity index (χ3n) is 3.80. The average molecular weight is 286 g/mol. The summed E-state index contributed by atoms with van der Waals surface area (Å²) >= 11 is 0. The number of aliphatic hydroxyl groups is 1.